The number of rotatable bonds is 6. The van der Waals surface area contributed by atoms with Crippen molar-refractivity contribution in [3.63, 3.8) is 0 Å². The lowest BCUT2D eigenvalue weighted by Crippen LogP contribution is -2.44. The van der Waals surface area contributed by atoms with E-state index in [4.69, 9.17) is 14.5 Å². The average molecular weight is 557 g/mol. The molecular formula is C28H33FN4O5S. The van der Waals surface area contributed by atoms with Crippen molar-refractivity contribution in [2.45, 2.75) is 56.9 Å². The summed E-state index contributed by atoms with van der Waals surface area (Å²) in [5.74, 6) is -0.133. The number of benzene rings is 2. The number of amides is 1. The summed E-state index contributed by atoms with van der Waals surface area (Å²) in [4.78, 5) is 23.4. The molecule has 1 aliphatic heterocycles. The van der Waals surface area contributed by atoms with Crippen molar-refractivity contribution in [2.24, 2.45) is 0 Å². The van der Waals surface area contributed by atoms with E-state index in [1.807, 2.05) is 6.92 Å². The van der Waals surface area contributed by atoms with E-state index >= 15 is 0 Å². The van der Waals surface area contributed by atoms with Gasteiger partial charge in [-0.15, -0.1) is 0 Å². The number of nitrogens with zero attached hydrogens (tertiary/aromatic N) is 3. The molecule has 2 aromatic carbocycles. The Bertz CT molecular complexity index is 1460. The minimum atomic E-state index is -3.90. The number of anilines is 2. The molecule has 0 bridgehead atoms. The molecule has 0 spiro atoms. The van der Waals surface area contributed by atoms with Crippen LogP contribution in [0.5, 0.6) is 0 Å². The van der Waals surface area contributed by atoms with Crippen LogP contribution in [0.15, 0.2) is 53.4 Å². The second kappa shape index (κ2) is 11.3. The maximum absolute atomic E-state index is 13.9. The molecule has 0 aliphatic carbocycles. The number of sulfone groups is 1. The standard InChI is InChI=1S/C28H33FN4O5S/c1-18-6-9-21(29)14-24(18)39(35,36)17-23-15-25(33-12-13-37-16-19(33)2)32-26(30-23)20-7-10-22(11-8-20)31-27(34)38-28(3,4)5/h6-11,14-15,19H,12-13,16-17H2,1-5H3,(H,31,34)/t19-/m0/s1. The highest BCUT2D eigenvalue weighted by Gasteiger charge is 2.25. The number of nitrogens with one attached hydrogen (secondary N) is 1. The molecule has 208 valence electrons. The molecule has 4 rings (SSSR count). The third kappa shape index (κ3) is 7.30. The predicted octanol–water partition coefficient (Wildman–Crippen LogP) is 5.14. The van der Waals surface area contributed by atoms with Crippen LogP contribution in [0, 0.1) is 12.7 Å². The molecule has 1 saturated heterocycles. The second-order valence-electron chi connectivity index (χ2n) is 10.5. The molecule has 1 fully saturated rings. The van der Waals surface area contributed by atoms with Gasteiger partial charge in [-0.25, -0.2) is 27.6 Å². The van der Waals surface area contributed by atoms with Gasteiger partial charge < -0.3 is 14.4 Å². The summed E-state index contributed by atoms with van der Waals surface area (Å²) in [6.45, 7) is 10.6. The number of hydrogen-bond donors (Lipinski definition) is 1. The van der Waals surface area contributed by atoms with Crippen LogP contribution < -0.4 is 10.2 Å². The molecule has 39 heavy (non-hydrogen) atoms. The third-order valence-corrected chi connectivity index (χ3v) is 7.82. The lowest BCUT2D eigenvalue weighted by Gasteiger charge is -2.34. The molecule has 9 nitrogen and oxygen atoms in total. The van der Waals surface area contributed by atoms with Gasteiger partial charge >= 0.3 is 6.09 Å². The highest BCUT2D eigenvalue weighted by atomic mass is 32.2. The van der Waals surface area contributed by atoms with Crippen LogP contribution >= 0.6 is 0 Å². The van der Waals surface area contributed by atoms with E-state index in [0.29, 0.717) is 48.2 Å². The highest BCUT2D eigenvalue weighted by Crippen LogP contribution is 2.27. The number of aromatic nitrogens is 2. The Kier molecular flexibility index (Phi) is 8.22. The smallest absolute Gasteiger partial charge is 0.412 e. The number of carbonyl (C=O) groups excluding carboxylic acids is 1. The quantitative estimate of drug-likeness (QED) is 0.445. The molecule has 1 N–H and O–H groups in total. The topological polar surface area (TPSA) is 111 Å². The molecule has 2 heterocycles. The van der Waals surface area contributed by atoms with Crippen LogP contribution in [0.1, 0.15) is 39.0 Å². The zero-order chi connectivity index (χ0) is 28.4. The van der Waals surface area contributed by atoms with Crippen LogP contribution in [0.3, 0.4) is 0 Å². The first-order valence-electron chi connectivity index (χ1n) is 12.6. The van der Waals surface area contributed by atoms with Crippen LogP contribution in [0.2, 0.25) is 0 Å². The number of morpholine rings is 1. The van der Waals surface area contributed by atoms with Crippen molar-refractivity contribution < 1.29 is 27.1 Å². The molecular weight excluding hydrogens is 523 g/mol. The van der Waals surface area contributed by atoms with Gasteiger partial charge in [0.15, 0.2) is 15.7 Å². The van der Waals surface area contributed by atoms with Crippen LogP contribution in [0.25, 0.3) is 11.4 Å². The Labute approximate surface area is 228 Å². The maximum Gasteiger partial charge on any atom is 0.412 e. The molecule has 3 aromatic rings. The van der Waals surface area contributed by atoms with E-state index in [9.17, 15) is 17.6 Å². The number of aryl methyl sites for hydroxylation is 1. The third-order valence-electron chi connectivity index (χ3n) is 6.04. The number of carbonyl (C=O) groups is 1. The minimum Gasteiger partial charge on any atom is -0.444 e. The highest BCUT2D eigenvalue weighted by molar-refractivity contribution is 7.90. The molecule has 1 aliphatic rings. The van der Waals surface area contributed by atoms with Gasteiger partial charge in [-0.05, 0) is 76.6 Å². The molecule has 0 saturated carbocycles. The summed E-state index contributed by atoms with van der Waals surface area (Å²) in [6.07, 6.45) is -0.574. The fourth-order valence-electron chi connectivity index (χ4n) is 4.21. The van der Waals surface area contributed by atoms with Crippen LogP contribution in [-0.2, 0) is 25.1 Å². The molecule has 1 atom stereocenters. The van der Waals surface area contributed by atoms with Crippen molar-refractivity contribution in [1.29, 1.82) is 0 Å². The second-order valence-corrected chi connectivity index (χ2v) is 12.5. The molecule has 1 aromatic heterocycles. The van der Waals surface area contributed by atoms with E-state index < -0.39 is 33.1 Å². The first-order valence-corrected chi connectivity index (χ1v) is 14.3. The van der Waals surface area contributed by atoms with Gasteiger partial charge in [0.1, 0.15) is 17.2 Å². The van der Waals surface area contributed by atoms with E-state index in [1.54, 1.807) is 58.0 Å². The van der Waals surface area contributed by atoms with E-state index in [1.165, 1.54) is 12.1 Å². The summed E-state index contributed by atoms with van der Waals surface area (Å²) in [6, 6.07) is 12.3. The fraction of sp³-hybridized carbons (Fsp3) is 0.393. The zero-order valence-corrected chi connectivity index (χ0v) is 23.5. The minimum absolute atomic E-state index is 0.0248. The average Bonchev–Trinajstić information content (AvgIpc) is 2.84. The number of ether oxygens (including phenoxy) is 2. The van der Waals surface area contributed by atoms with E-state index in [0.717, 1.165) is 6.07 Å². The van der Waals surface area contributed by atoms with Crippen LogP contribution in [0.4, 0.5) is 20.7 Å². The van der Waals surface area contributed by atoms with Gasteiger partial charge in [0.2, 0.25) is 0 Å². The summed E-state index contributed by atoms with van der Waals surface area (Å²) in [7, 11) is -3.90. The van der Waals surface area contributed by atoms with Gasteiger partial charge in [0, 0.05) is 23.9 Å². The normalized spacial score (nSPS) is 16.2. The Hall–Kier alpha value is -3.57. The number of halogens is 1. The Morgan fingerprint density at radius 3 is 2.54 bits per heavy atom. The molecule has 11 heteroatoms. The van der Waals surface area contributed by atoms with Gasteiger partial charge in [0.25, 0.3) is 0 Å². The number of hydrogen-bond acceptors (Lipinski definition) is 8. The molecule has 0 unspecified atom stereocenters. The predicted molar refractivity (Wildman–Crippen MR) is 147 cm³/mol. The summed E-state index contributed by atoms with van der Waals surface area (Å²) in [5, 5.41) is 2.68. The first kappa shape index (κ1) is 28.4. The van der Waals surface area contributed by atoms with Gasteiger partial charge in [-0.3, -0.25) is 5.32 Å². The van der Waals surface area contributed by atoms with Gasteiger partial charge in [0.05, 0.1) is 35.6 Å². The van der Waals surface area contributed by atoms with Gasteiger partial charge in [-0.2, -0.15) is 0 Å². The van der Waals surface area contributed by atoms with Crippen molar-refractivity contribution in [3.8, 4) is 11.4 Å². The van der Waals surface area contributed by atoms with E-state index in [-0.39, 0.29) is 16.6 Å². The Balaban J connectivity index is 1.68. The summed E-state index contributed by atoms with van der Waals surface area (Å²) >= 11 is 0. The van der Waals surface area contributed by atoms with Crippen LogP contribution in [-0.4, -0.2) is 55.9 Å². The first-order chi connectivity index (χ1) is 18.3. The van der Waals surface area contributed by atoms with Crippen molar-refractivity contribution in [2.75, 3.05) is 30.0 Å². The van der Waals surface area contributed by atoms with Crippen molar-refractivity contribution >= 4 is 27.4 Å². The van der Waals surface area contributed by atoms with Crippen molar-refractivity contribution in [3.05, 3.63) is 65.6 Å². The molecule has 1 amide bonds. The van der Waals surface area contributed by atoms with Gasteiger partial charge in [-0.1, -0.05) is 6.07 Å². The molecule has 0 radical (unpaired) electrons. The lowest BCUT2D eigenvalue weighted by atomic mass is 10.2. The monoisotopic (exact) mass is 556 g/mol. The summed E-state index contributed by atoms with van der Waals surface area (Å²) in [5.41, 5.74) is 1.27. The van der Waals surface area contributed by atoms with E-state index in [2.05, 4.69) is 15.2 Å². The Morgan fingerprint density at radius 1 is 1.15 bits per heavy atom. The summed E-state index contributed by atoms with van der Waals surface area (Å²) < 4.78 is 51.4. The SMILES string of the molecule is Cc1ccc(F)cc1S(=O)(=O)Cc1cc(N2CCOC[C@@H]2C)nc(-c2ccc(NC(=O)OC(C)(C)C)cc2)n1. The fourth-order valence-corrected chi connectivity index (χ4v) is 5.75. The Morgan fingerprint density at radius 2 is 1.87 bits per heavy atom. The zero-order valence-electron chi connectivity index (χ0n) is 22.7. The van der Waals surface area contributed by atoms with Crippen molar-refractivity contribution in [1.82, 2.24) is 9.97 Å². The largest absolute Gasteiger partial charge is 0.444 e. The lowest BCUT2D eigenvalue weighted by molar-refractivity contribution is 0.0636. The maximum atomic E-state index is 13.9.